The van der Waals surface area contributed by atoms with Crippen LogP contribution in [0.15, 0.2) is 55.1 Å². The second-order valence-corrected chi connectivity index (χ2v) is 14.5. The number of rotatable bonds is 10. The molecule has 0 aliphatic carbocycles. The molecule has 0 bridgehead atoms. The molecular formula is C24H31N3O3Si. The van der Waals surface area contributed by atoms with Crippen LogP contribution in [-0.2, 0) is 24.6 Å². The Bertz CT molecular complexity index is 1040. The van der Waals surface area contributed by atoms with E-state index in [1.54, 1.807) is 6.08 Å². The van der Waals surface area contributed by atoms with Crippen molar-refractivity contribution in [3.05, 3.63) is 72.1 Å². The summed E-state index contributed by atoms with van der Waals surface area (Å²) in [5, 5.41) is 9.80. The Kier molecular flexibility index (Phi) is 7.30. The van der Waals surface area contributed by atoms with E-state index in [4.69, 9.17) is 9.72 Å². The number of ether oxygens (including phenoxy) is 1. The number of hydrogen-bond acceptors (Lipinski definition) is 3. The van der Waals surface area contributed by atoms with Gasteiger partial charge in [-0.1, -0.05) is 68.7 Å². The van der Waals surface area contributed by atoms with Gasteiger partial charge < -0.3 is 14.4 Å². The first-order valence-corrected chi connectivity index (χ1v) is 14.2. The molecule has 0 fully saturated rings. The molecule has 164 valence electrons. The molecule has 0 aliphatic rings. The Morgan fingerprint density at radius 2 is 1.94 bits per heavy atom. The molecule has 3 rings (SSSR count). The highest BCUT2D eigenvalue weighted by Gasteiger charge is 2.19. The lowest BCUT2D eigenvalue weighted by molar-refractivity contribution is 0.0847. The van der Waals surface area contributed by atoms with Crippen LogP contribution in [0.2, 0.25) is 25.7 Å². The van der Waals surface area contributed by atoms with Gasteiger partial charge in [0.05, 0.1) is 17.6 Å². The Hall–Kier alpha value is -2.90. The maximum absolute atomic E-state index is 12.0. The zero-order chi connectivity index (χ0) is 22.4. The van der Waals surface area contributed by atoms with E-state index in [-0.39, 0.29) is 6.54 Å². The van der Waals surface area contributed by atoms with Crippen LogP contribution in [0.5, 0.6) is 0 Å². The molecular weight excluding hydrogens is 406 g/mol. The third-order valence-electron chi connectivity index (χ3n) is 5.12. The standard InChI is InChI=1S/C24H31N3O3Si/c1-5-19-11-12-21-22(15-19)27(18-30-13-14-31(2,3)4)23(25-21)17-26(24(28)29)16-20-9-7-6-8-10-20/h5-12,15H,1,13-14,16-18H2,2-4H3,(H,28,29). The lowest BCUT2D eigenvalue weighted by atomic mass is 10.2. The van der Waals surface area contributed by atoms with E-state index >= 15 is 0 Å². The molecule has 0 spiro atoms. The SMILES string of the molecule is C=Cc1ccc2nc(CN(Cc3ccccc3)C(=O)O)n(COCC[Si](C)(C)C)c2c1. The van der Waals surface area contributed by atoms with E-state index in [9.17, 15) is 9.90 Å². The fraction of sp³-hybridized carbons (Fsp3) is 0.333. The number of carbonyl (C=O) groups is 1. The lowest BCUT2D eigenvalue weighted by Gasteiger charge is -2.20. The van der Waals surface area contributed by atoms with Crippen LogP contribution in [0.1, 0.15) is 17.0 Å². The summed E-state index contributed by atoms with van der Waals surface area (Å²) in [7, 11) is -1.19. The van der Waals surface area contributed by atoms with E-state index in [2.05, 4.69) is 26.2 Å². The van der Waals surface area contributed by atoms with Crippen molar-refractivity contribution in [2.75, 3.05) is 6.61 Å². The number of hydrogen-bond donors (Lipinski definition) is 1. The topological polar surface area (TPSA) is 67.6 Å². The number of amides is 1. The summed E-state index contributed by atoms with van der Waals surface area (Å²) < 4.78 is 7.98. The van der Waals surface area contributed by atoms with Gasteiger partial charge in [-0.25, -0.2) is 9.78 Å². The molecule has 0 unspecified atom stereocenters. The van der Waals surface area contributed by atoms with Crippen LogP contribution < -0.4 is 0 Å². The molecule has 1 N–H and O–H groups in total. The van der Waals surface area contributed by atoms with Crippen molar-refractivity contribution in [1.82, 2.24) is 14.5 Å². The van der Waals surface area contributed by atoms with E-state index in [0.29, 0.717) is 25.7 Å². The second kappa shape index (κ2) is 9.94. The van der Waals surface area contributed by atoms with Gasteiger partial charge in [0, 0.05) is 21.2 Å². The van der Waals surface area contributed by atoms with Crippen LogP contribution in [0.25, 0.3) is 17.1 Å². The number of fused-ring (bicyclic) bond motifs is 1. The molecule has 6 nitrogen and oxygen atoms in total. The van der Waals surface area contributed by atoms with E-state index in [1.807, 2.05) is 53.1 Å². The lowest BCUT2D eigenvalue weighted by Crippen LogP contribution is -2.30. The van der Waals surface area contributed by atoms with Gasteiger partial charge in [-0.15, -0.1) is 0 Å². The predicted octanol–water partition coefficient (Wildman–Crippen LogP) is 5.67. The average molecular weight is 438 g/mol. The number of imidazole rings is 1. The summed E-state index contributed by atoms with van der Waals surface area (Å²) in [4.78, 5) is 18.1. The third kappa shape index (κ3) is 6.29. The fourth-order valence-electron chi connectivity index (χ4n) is 3.28. The summed E-state index contributed by atoms with van der Waals surface area (Å²) in [6, 6.07) is 16.6. The van der Waals surface area contributed by atoms with E-state index in [1.165, 1.54) is 4.90 Å². The van der Waals surface area contributed by atoms with E-state index in [0.717, 1.165) is 28.2 Å². The van der Waals surface area contributed by atoms with E-state index < -0.39 is 14.2 Å². The molecule has 7 heteroatoms. The minimum atomic E-state index is -1.19. The fourth-order valence-corrected chi connectivity index (χ4v) is 4.04. The van der Waals surface area contributed by atoms with Crippen LogP contribution in [-0.4, -0.2) is 40.3 Å². The molecule has 1 aromatic heterocycles. The molecule has 0 atom stereocenters. The molecule has 3 aromatic rings. The van der Waals surface area contributed by atoms with Gasteiger partial charge in [0.1, 0.15) is 12.6 Å². The Labute approximate surface area is 184 Å². The minimum absolute atomic E-state index is 0.180. The molecule has 2 aromatic carbocycles. The van der Waals surface area contributed by atoms with Gasteiger partial charge in [-0.3, -0.25) is 4.90 Å². The van der Waals surface area contributed by atoms with Crippen molar-refractivity contribution in [3.63, 3.8) is 0 Å². The van der Waals surface area contributed by atoms with Crippen molar-refractivity contribution >= 4 is 31.3 Å². The summed E-state index contributed by atoms with van der Waals surface area (Å²) >= 11 is 0. The van der Waals surface area contributed by atoms with Gasteiger partial charge in [0.25, 0.3) is 0 Å². The highest BCUT2D eigenvalue weighted by Crippen LogP contribution is 2.21. The highest BCUT2D eigenvalue weighted by molar-refractivity contribution is 6.76. The van der Waals surface area contributed by atoms with Crippen LogP contribution in [0.3, 0.4) is 0 Å². The summed E-state index contributed by atoms with van der Waals surface area (Å²) in [6.07, 6.45) is 0.815. The second-order valence-electron chi connectivity index (χ2n) is 8.88. The molecule has 31 heavy (non-hydrogen) atoms. The first kappa shape index (κ1) is 22.8. The largest absolute Gasteiger partial charge is 0.465 e. The van der Waals surface area contributed by atoms with Crippen LogP contribution in [0.4, 0.5) is 4.79 Å². The zero-order valence-corrected chi connectivity index (χ0v) is 19.5. The summed E-state index contributed by atoms with van der Waals surface area (Å²) in [5.74, 6) is 0.669. The monoisotopic (exact) mass is 437 g/mol. The average Bonchev–Trinajstić information content (AvgIpc) is 3.07. The van der Waals surface area contributed by atoms with Crippen molar-refractivity contribution < 1.29 is 14.6 Å². The number of carboxylic acid groups (broad SMARTS) is 1. The predicted molar refractivity (Wildman–Crippen MR) is 128 cm³/mol. The molecule has 1 amide bonds. The first-order valence-electron chi connectivity index (χ1n) is 10.5. The maximum Gasteiger partial charge on any atom is 0.408 e. The van der Waals surface area contributed by atoms with Gasteiger partial charge in [-0.2, -0.15) is 0 Å². The van der Waals surface area contributed by atoms with Crippen molar-refractivity contribution in [2.45, 2.75) is 45.5 Å². The maximum atomic E-state index is 12.0. The smallest absolute Gasteiger partial charge is 0.408 e. The van der Waals surface area contributed by atoms with Gasteiger partial charge in [-0.05, 0) is 29.3 Å². The normalized spacial score (nSPS) is 11.6. The van der Waals surface area contributed by atoms with Gasteiger partial charge >= 0.3 is 6.09 Å². The first-order chi connectivity index (χ1) is 14.8. The van der Waals surface area contributed by atoms with Gasteiger partial charge in [0.15, 0.2) is 0 Å². The van der Waals surface area contributed by atoms with Crippen molar-refractivity contribution in [3.8, 4) is 0 Å². The molecule has 0 saturated heterocycles. The van der Waals surface area contributed by atoms with Crippen LogP contribution in [0, 0.1) is 0 Å². The molecule has 0 saturated carbocycles. The van der Waals surface area contributed by atoms with Crippen molar-refractivity contribution in [2.24, 2.45) is 0 Å². The van der Waals surface area contributed by atoms with Crippen molar-refractivity contribution in [1.29, 1.82) is 0 Å². The number of nitrogens with zero attached hydrogens (tertiary/aromatic N) is 3. The number of aromatic nitrogens is 2. The zero-order valence-electron chi connectivity index (χ0n) is 18.5. The Morgan fingerprint density at radius 1 is 1.19 bits per heavy atom. The summed E-state index contributed by atoms with van der Waals surface area (Å²) in [5.41, 5.74) is 3.67. The Balaban J connectivity index is 1.87. The van der Waals surface area contributed by atoms with Crippen LogP contribution >= 0.6 is 0 Å². The van der Waals surface area contributed by atoms with Gasteiger partial charge in [0.2, 0.25) is 0 Å². The minimum Gasteiger partial charge on any atom is -0.465 e. The number of benzene rings is 2. The Morgan fingerprint density at radius 3 is 2.58 bits per heavy atom. The molecule has 1 heterocycles. The highest BCUT2D eigenvalue weighted by atomic mass is 28.3. The third-order valence-corrected chi connectivity index (χ3v) is 6.83. The summed E-state index contributed by atoms with van der Waals surface area (Å²) in [6.45, 7) is 12.3. The quantitative estimate of drug-likeness (QED) is 0.328. The molecule has 0 radical (unpaired) electrons. The molecule has 0 aliphatic heterocycles.